The SMILES string of the molecule is Cc1ccc(CC(=O)N2CCN(CCO)CC2)cn1. The highest BCUT2D eigenvalue weighted by molar-refractivity contribution is 5.78. The van der Waals surface area contributed by atoms with Gasteiger partial charge in [-0.1, -0.05) is 6.07 Å². The van der Waals surface area contributed by atoms with Gasteiger partial charge < -0.3 is 10.0 Å². The van der Waals surface area contributed by atoms with Gasteiger partial charge in [0.05, 0.1) is 13.0 Å². The van der Waals surface area contributed by atoms with Crippen LogP contribution < -0.4 is 0 Å². The second-order valence-electron chi connectivity index (χ2n) is 4.93. The van der Waals surface area contributed by atoms with Crippen LogP contribution in [0.2, 0.25) is 0 Å². The van der Waals surface area contributed by atoms with Crippen LogP contribution in [0, 0.1) is 6.92 Å². The fourth-order valence-electron chi connectivity index (χ4n) is 2.25. The molecule has 0 aromatic carbocycles. The molecule has 1 fully saturated rings. The van der Waals surface area contributed by atoms with E-state index in [1.165, 1.54) is 0 Å². The molecule has 0 bridgehead atoms. The van der Waals surface area contributed by atoms with Crippen LogP contribution in [0.25, 0.3) is 0 Å². The van der Waals surface area contributed by atoms with Gasteiger partial charge in [-0.15, -0.1) is 0 Å². The van der Waals surface area contributed by atoms with E-state index in [-0.39, 0.29) is 12.5 Å². The second-order valence-corrected chi connectivity index (χ2v) is 4.93. The molecule has 1 aliphatic heterocycles. The van der Waals surface area contributed by atoms with Gasteiger partial charge in [0, 0.05) is 44.6 Å². The number of aromatic nitrogens is 1. The van der Waals surface area contributed by atoms with Crippen molar-refractivity contribution in [1.29, 1.82) is 0 Å². The summed E-state index contributed by atoms with van der Waals surface area (Å²) in [6.45, 7) is 6.01. The van der Waals surface area contributed by atoms with Gasteiger partial charge in [0.2, 0.25) is 5.91 Å². The lowest BCUT2D eigenvalue weighted by Crippen LogP contribution is -2.49. The molecule has 2 rings (SSSR count). The average molecular weight is 263 g/mol. The highest BCUT2D eigenvalue weighted by Crippen LogP contribution is 2.06. The van der Waals surface area contributed by atoms with E-state index in [0.717, 1.165) is 37.4 Å². The molecule has 104 valence electrons. The summed E-state index contributed by atoms with van der Waals surface area (Å²) in [4.78, 5) is 20.4. The van der Waals surface area contributed by atoms with E-state index in [0.29, 0.717) is 13.0 Å². The number of aryl methyl sites for hydroxylation is 1. The largest absolute Gasteiger partial charge is 0.395 e. The third-order valence-corrected chi connectivity index (χ3v) is 3.47. The van der Waals surface area contributed by atoms with Gasteiger partial charge in [0.15, 0.2) is 0 Å². The zero-order valence-electron chi connectivity index (χ0n) is 11.4. The molecule has 5 nitrogen and oxygen atoms in total. The van der Waals surface area contributed by atoms with E-state index in [9.17, 15) is 4.79 Å². The number of amides is 1. The molecule has 0 spiro atoms. The van der Waals surface area contributed by atoms with Crippen molar-refractivity contribution < 1.29 is 9.90 Å². The number of pyridine rings is 1. The number of hydrogen-bond acceptors (Lipinski definition) is 4. The van der Waals surface area contributed by atoms with Gasteiger partial charge >= 0.3 is 0 Å². The number of carbonyl (C=O) groups is 1. The Morgan fingerprint density at radius 1 is 1.32 bits per heavy atom. The van der Waals surface area contributed by atoms with Crippen LogP contribution in [-0.4, -0.2) is 65.1 Å². The van der Waals surface area contributed by atoms with Crippen LogP contribution in [0.1, 0.15) is 11.3 Å². The minimum atomic E-state index is 0.161. The summed E-state index contributed by atoms with van der Waals surface area (Å²) < 4.78 is 0. The number of nitrogens with zero attached hydrogens (tertiary/aromatic N) is 3. The van der Waals surface area contributed by atoms with Crippen molar-refractivity contribution in [2.75, 3.05) is 39.3 Å². The van der Waals surface area contributed by atoms with Crippen LogP contribution in [0.5, 0.6) is 0 Å². The molecule has 0 unspecified atom stereocenters. The van der Waals surface area contributed by atoms with Crippen LogP contribution >= 0.6 is 0 Å². The highest BCUT2D eigenvalue weighted by atomic mass is 16.3. The normalized spacial score (nSPS) is 16.6. The minimum absolute atomic E-state index is 0.161. The van der Waals surface area contributed by atoms with Gasteiger partial charge in [0.25, 0.3) is 0 Å². The zero-order chi connectivity index (χ0) is 13.7. The molecular weight excluding hydrogens is 242 g/mol. The molecule has 0 saturated carbocycles. The first kappa shape index (κ1) is 14.0. The van der Waals surface area contributed by atoms with Gasteiger partial charge in [-0.3, -0.25) is 14.7 Å². The predicted molar refractivity (Wildman–Crippen MR) is 72.8 cm³/mol. The van der Waals surface area contributed by atoms with Gasteiger partial charge in [-0.2, -0.15) is 0 Å². The predicted octanol–water partition coefficient (Wildman–Crippen LogP) is 0.0690. The molecule has 0 aliphatic carbocycles. The lowest BCUT2D eigenvalue weighted by atomic mass is 10.1. The fraction of sp³-hybridized carbons (Fsp3) is 0.571. The monoisotopic (exact) mass is 263 g/mol. The standard InChI is InChI=1S/C14H21N3O2/c1-12-2-3-13(11-15-12)10-14(19)17-6-4-16(5-7-17)8-9-18/h2-3,11,18H,4-10H2,1H3. The van der Waals surface area contributed by atoms with Crippen molar-refractivity contribution in [3.05, 3.63) is 29.6 Å². The summed E-state index contributed by atoms with van der Waals surface area (Å²) in [5.41, 5.74) is 1.93. The summed E-state index contributed by atoms with van der Waals surface area (Å²) in [5, 5.41) is 8.88. The molecular formula is C14H21N3O2. The summed E-state index contributed by atoms with van der Waals surface area (Å²) in [7, 11) is 0. The Hall–Kier alpha value is -1.46. The molecule has 1 amide bonds. The molecule has 19 heavy (non-hydrogen) atoms. The quantitative estimate of drug-likeness (QED) is 0.835. The van der Waals surface area contributed by atoms with E-state index in [1.807, 2.05) is 24.0 Å². The number of aliphatic hydroxyl groups is 1. The van der Waals surface area contributed by atoms with E-state index in [4.69, 9.17) is 5.11 Å². The van der Waals surface area contributed by atoms with Crippen molar-refractivity contribution in [3.8, 4) is 0 Å². The molecule has 1 aliphatic rings. The van der Waals surface area contributed by atoms with Crippen molar-refractivity contribution >= 4 is 5.91 Å². The lowest BCUT2D eigenvalue weighted by Gasteiger charge is -2.34. The maximum atomic E-state index is 12.1. The van der Waals surface area contributed by atoms with Crippen molar-refractivity contribution in [2.45, 2.75) is 13.3 Å². The maximum absolute atomic E-state index is 12.1. The summed E-state index contributed by atoms with van der Waals surface area (Å²) in [6.07, 6.45) is 2.20. The number of β-amino-alcohol motifs (C(OH)–C–C–N with tert-alkyl or cyclic N) is 1. The minimum Gasteiger partial charge on any atom is -0.395 e. The number of aliphatic hydroxyl groups excluding tert-OH is 1. The Morgan fingerprint density at radius 2 is 2.05 bits per heavy atom. The Balaban J connectivity index is 1.83. The first-order valence-corrected chi connectivity index (χ1v) is 6.71. The number of piperazine rings is 1. The van der Waals surface area contributed by atoms with E-state index in [1.54, 1.807) is 6.20 Å². The van der Waals surface area contributed by atoms with Crippen LogP contribution in [0.3, 0.4) is 0 Å². The first-order valence-electron chi connectivity index (χ1n) is 6.71. The molecule has 2 heterocycles. The summed E-state index contributed by atoms with van der Waals surface area (Å²) in [5.74, 6) is 0.161. The van der Waals surface area contributed by atoms with Gasteiger partial charge in [0.1, 0.15) is 0 Å². The third-order valence-electron chi connectivity index (χ3n) is 3.47. The lowest BCUT2D eigenvalue weighted by molar-refractivity contribution is -0.132. The topological polar surface area (TPSA) is 56.7 Å². The van der Waals surface area contributed by atoms with Crippen molar-refractivity contribution in [1.82, 2.24) is 14.8 Å². The fourth-order valence-corrected chi connectivity index (χ4v) is 2.25. The molecule has 1 aromatic rings. The Kier molecular flexibility index (Phi) is 4.87. The second kappa shape index (κ2) is 6.63. The molecule has 0 atom stereocenters. The van der Waals surface area contributed by atoms with Gasteiger partial charge in [-0.25, -0.2) is 0 Å². The molecule has 1 N–H and O–H groups in total. The van der Waals surface area contributed by atoms with Gasteiger partial charge in [-0.05, 0) is 18.6 Å². The van der Waals surface area contributed by atoms with Crippen molar-refractivity contribution in [2.24, 2.45) is 0 Å². The summed E-state index contributed by atoms with van der Waals surface area (Å²) in [6, 6.07) is 3.89. The number of hydrogen-bond donors (Lipinski definition) is 1. The van der Waals surface area contributed by atoms with E-state index < -0.39 is 0 Å². The highest BCUT2D eigenvalue weighted by Gasteiger charge is 2.20. The van der Waals surface area contributed by atoms with E-state index >= 15 is 0 Å². The van der Waals surface area contributed by atoms with E-state index in [2.05, 4.69) is 9.88 Å². The van der Waals surface area contributed by atoms with Crippen molar-refractivity contribution in [3.63, 3.8) is 0 Å². The van der Waals surface area contributed by atoms with Crippen LogP contribution in [0.15, 0.2) is 18.3 Å². The third kappa shape index (κ3) is 4.01. The molecule has 0 radical (unpaired) electrons. The van der Waals surface area contributed by atoms with Crippen LogP contribution in [0.4, 0.5) is 0 Å². The zero-order valence-corrected chi connectivity index (χ0v) is 11.4. The molecule has 5 heteroatoms. The Labute approximate surface area is 113 Å². The number of carbonyl (C=O) groups excluding carboxylic acids is 1. The number of rotatable bonds is 4. The Bertz CT molecular complexity index is 411. The molecule has 1 aromatic heterocycles. The first-order chi connectivity index (χ1) is 9.19. The van der Waals surface area contributed by atoms with Crippen LogP contribution in [-0.2, 0) is 11.2 Å². The smallest absolute Gasteiger partial charge is 0.227 e. The average Bonchev–Trinajstić information content (AvgIpc) is 2.42. The maximum Gasteiger partial charge on any atom is 0.227 e. The summed E-state index contributed by atoms with van der Waals surface area (Å²) >= 11 is 0. The molecule has 1 saturated heterocycles. The Morgan fingerprint density at radius 3 is 2.63 bits per heavy atom.